The van der Waals surface area contributed by atoms with Crippen molar-refractivity contribution < 1.29 is 0 Å². The summed E-state index contributed by atoms with van der Waals surface area (Å²) in [6.07, 6.45) is 11.9. The first-order valence-corrected chi connectivity index (χ1v) is 7.92. The molecule has 3 aliphatic carbocycles. The van der Waals surface area contributed by atoms with E-state index in [9.17, 15) is 0 Å². The van der Waals surface area contributed by atoms with Gasteiger partial charge in [0.05, 0.1) is 0 Å². The third-order valence-corrected chi connectivity index (χ3v) is 5.89. The Morgan fingerprint density at radius 2 is 1.94 bits per heavy atom. The quantitative estimate of drug-likeness (QED) is 0.734. The zero-order valence-electron chi connectivity index (χ0n) is 11.7. The van der Waals surface area contributed by atoms with Crippen molar-refractivity contribution in [2.24, 2.45) is 23.2 Å². The molecule has 0 amide bonds. The van der Waals surface area contributed by atoms with Gasteiger partial charge in [0.25, 0.3) is 0 Å². The second-order valence-electron chi connectivity index (χ2n) is 7.46. The lowest BCUT2D eigenvalue weighted by atomic mass is 9.73. The maximum absolute atomic E-state index is 3.77. The van der Waals surface area contributed by atoms with Gasteiger partial charge in [0, 0.05) is 12.6 Å². The Morgan fingerprint density at radius 3 is 2.47 bits per heavy atom. The van der Waals surface area contributed by atoms with Crippen molar-refractivity contribution in [3.63, 3.8) is 0 Å². The van der Waals surface area contributed by atoms with Crippen molar-refractivity contribution in [1.29, 1.82) is 0 Å². The van der Waals surface area contributed by atoms with Gasteiger partial charge in [0.1, 0.15) is 0 Å². The fraction of sp³-hybridized carbons (Fsp3) is 1.00. The van der Waals surface area contributed by atoms with Crippen molar-refractivity contribution >= 4 is 0 Å². The maximum atomic E-state index is 3.77. The van der Waals surface area contributed by atoms with E-state index in [2.05, 4.69) is 19.2 Å². The average Bonchev–Trinajstić information content (AvgIpc) is 2.95. The molecule has 3 saturated carbocycles. The molecule has 3 rings (SSSR count). The van der Waals surface area contributed by atoms with Crippen molar-refractivity contribution in [2.45, 2.75) is 71.3 Å². The van der Waals surface area contributed by atoms with Crippen LogP contribution in [0.25, 0.3) is 0 Å². The minimum atomic E-state index is 0.567. The number of nitrogens with one attached hydrogen (secondary N) is 1. The summed E-state index contributed by atoms with van der Waals surface area (Å²) in [5, 5.41) is 3.77. The molecule has 0 aromatic heterocycles. The van der Waals surface area contributed by atoms with Crippen LogP contribution in [0.15, 0.2) is 0 Å². The average molecular weight is 235 g/mol. The van der Waals surface area contributed by atoms with Gasteiger partial charge in [-0.3, -0.25) is 0 Å². The summed E-state index contributed by atoms with van der Waals surface area (Å²) < 4.78 is 0. The third-order valence-electron chi connectivity index (χ3n) is 5.89. The van der Waals surface area contributed by atoms with Crippen LogP contribution in [0.4, 0.5) is 0 Å². The Labute approximate surface area is 107 Å². The van der Waals surface area contributed by atoms with Crippen LogP contribution in [0.3, 0.4) is 0 Å². The Hall–Kier alpha value is -0.0400. The molecule has 1 N–H and O–H groups in total. The van der Waals surface area contributed by atoms with Gasteiger partial charge in [-0.25, -0.2) is 0 Å². The van der Waals surface area contributed by atoms with Crippen molar-refractivity contribution in [1.82, 2.24) is 5.32 Å². The molecular formula is C16H29N. The van der Waals surface area contributed by atoms with Crippen LogP contribution < -0.4 is 5.32 Å². The molecule has 0 aliphatic heterocycles. The smallest absolute Gasteiger partial charge is 0.00684 e. The maximum Gasteiger partial charge on any atom is 0.00684 e. The summed E-state index contributed by atoms with van der Waals surface area (Å²) >= 11 is 0. The van der Waals surface area contributed by atoms with Crippen LogP contribution in [0, 0.1) is 23.2 Å². The number of rotatable bonds is 6. The first-order valence-electron chi connectivity index (χ1n) is 7.92. The molecule has 17 heavy (non-hydrogen) atoms. The molecule has 3 fully saturated rings. The number of fused-ring (bicyclic) bond motifs is 2. The summed E-state index contributed by atoms with van der Waals surface area (Å²) in [5.74, 6) is 3.29. The summed E-state index contributed by atoms with van der Waals surface area (Å²) in [5.41, 5.74) is 0.567. The van der Waals surface area contributed by atoms with E-state index >= 15 is 0 Å². The number of hydrogen-bond donors (Lipinski definition) is 1. The SMILES string of the molecule is CCC(C)(CNC1CC1)CC1CC2CCC1C2. The van der Waals surface area contributed by atoms with Crippen LogP contribution >= 0.6 is 0 Å². The zero-order chi connectivity index (χ0) is 11.9. The Kier molecular flexibility index (Phi) is 3.23. The standard InChI is InChI=1S/C16H29N/c1-3-16(2,11-17-15-6-7-15)10-14-9-12-4-5-13(14)8-12/h12-15,17H,3-11H2,1-2H3. The topological polar surface area (TPSA) is 12.0 Å². The summed E-state index contributed by atoms with van der Waals surface area (Å²) in [6, 6.07) is 0.876. The highest BCUT2D eigenvalue weighted by Crippen LogP contribution is 2.52. The van der Waals surface area contributed by atoms with E-state index in [1.807, 2.05) is 0 Å². The van der Waals surface area contributed by atoms with E-state index in [1.54, 1.807) is 25.7 Å². The van der Waals surface area contributed by atoms with Crippen LogP contribution in [0.1, 0.15) is 65.2 Å². The van der Waals surface area contributed by atoms with Crippen LogP contribution in [-0.4, -0.2) is 12.6 Å². The molecule has 1 heteroatoms. The highest BCUT2D eigenvalue weighted by Gasteiger charge is 2.42. The van der Waals surface area contributed by atoms with Gasteiger partial charge in [0.2, 0.25) is 0 Å². The molecule has 0 aromatic carbocycles. The molecule has 0 aromatic rings. The van der Waals surface area contributed by atoms with E-state index < -0.39 is 0 Å². The lowest BCUT2D eigenvalue weighted by molar-refractivity contribution is 0.178. The molecular weight excluding hydrogens is 206 g/mol. The van der Waals surface area contributed by atoms with Gasteiger partial charge < -0.3 is 5.32 Å². The molecule has 4 unspecified atom stereocenters. The predicted molar refractivity (Wildman–Crippen MR) is 73.0 cm³/mol. The van der Waals surface area contributed by atoms with E-state index in [-0.39, 0.29) is 0 Å². The first kappa shape index (κ1) is 12.0. The highest BCUT2D eigenvalue weighted by atomic mass is 15.0. The van der Waals surface area contributed by atoms with Crippen LogP contribution in [0.5, 0.6) is 0 Å². The monoisotopic (exact) mass is 235 g/mol. The van der Waals surface area contributed by atoms with Gasteiger partial charge in [0.15, 0.2) is 0 Å². The molecule has 0 saturated heterocycles. The highest BCUT2D eigenvalue weighted by molar-refractivity contribution is 4.94. The molecule has 0 radical (unpaired) electrons. The van der Waals surface area contributed by atoms with Gasteiger partial charge in [-0.2, -0.15) is 0 Å². The first-order chi connectivity index (χ1) is 8.18. The van der Waals surface area contributed by atoms with Gasteiger partial charge in [-0.05, 0) is 68.1 Å². The Balaban J connectivity index is 1.52. The van der Waals surface area contributed by atoms with Gasteiger partial charge >= 0.3 is 0 Å². The minimum absolute atomic E-state index is 0.567. The van der Waals surface area contributed by atoms with E-state index in [0.29, 0.717) is 5.41 Å². The van der Waals surface area contributed by atoms with Gasteiger partial charge in [-0.15, -0.1) is 0 Å². The molecule has 98 valence electrons. The van der Waals surface area contributed by atoms with Gasteiger partial charge in [-0.1, -0.05) is 20.3 Å². The molecule has 0 spiro atoms. The third kappa shape index (κ3) is 2.70. The van der Waals surface area contributed by atoms with E-state index in [4.69, 9.17) is 0 Å². The lowest BCUT2D eigenvalue weighted by Crippen LogP contribution is -2.35. The fourth-order valence-electron chi connectivity index (χ4n) is 4.28. The van der Waals surface area contributed by atoms with Crippen molar-refractivity contribution in [3.8, 4) is 0 Å². The van der Waals surface area contributed by atoms with Crippen LogP contribution in [-0.2, 0) is 0 Å². The lowest BCUT2D eigenvalue weighted by Gasteiger charge is -2.35. The summed E-state index contributed by atoms with van der Waals surface area (Å²) in [6.45, 7) is 6.18. The molecule has 1 nitrogen and oxygen atoms in total. The van der Waals surface area contributed by atoms with Crippen LogP contribution in [0.2, 0.25) is 0 Å². The zero-order valence-corrected chi connectivity index (χ0v) is 11.7. The Morgan fingerprint density at radius 1 is 1.12 bits per heavy atom. The van der Waals surface area contributed by atoms with E-state index in [1.165, 1.54) is 32.2 Å². The second-order valence-corrected chi connectivity index (χ2v) is 7.46. The van der Waals surface area contributed by atoms with Crippen molar-refractivity contribution in [3.05, 3.63) is 0 Å². The second kappa shape index (κ2) is 4.57. The molecule has 0 heterocycles. The largest absolute Gasteiger partial charge is 0.313 e. The summed E-state index contributed by atoms with van der Waals surface area (Å²) in [4.78, 5) is 0. The molecule has 2 bridgehead atoms. The number of hydrogen-bond acceptors (Lipinski definition) is 1. The predicted octanol–water partition coefficient (Wildman–Crippen LogP) is 3.98. The summed E-state index contributed by atoms with van der Waals surface area (Å²) in [7, 11) is 0. The normalized spacial score (nSPS) is 39.5. The van der Waals surface area contributed by atoms with E-state index in [0.717, 1.165) is 23.8 Å². The molecule has 3 aliphatic rings. The fourth-order valence-corrected chi connectivity index (χ4v) is 4.28. The molecule has 4 atom stereocenters. The van der Waals surface area contributed by atoms with Crippen molar-refractivity contribution in [2.75, 3.05) is 6.54 Å². The Bertz CT molecular complexity index is 271. The minimum Gasteiger partial charge on any atom is -0.313 e.